The van der Waals surface area contributed by atoms with Gasteiger partial charge in [-0.3, -0.25) is 9.59 Å². The second-order valence-electron chi connectivity index (χ2n) is 3.89. The van der Waals surface area contributed by atoms with Gasteiger partial charge >= 0.3 is 5.97 Å². The average molecular weight is 288 g/mol. The van der Waals surface area contributed by atoms with Crippen molar-refractivity contribution in [3.8, 4) is 0 Å². The van der Waals surface area contributed by atoms with Gasteiger partial charge in [-0.2, -0.15) is 0 Å². The number of hydrogen-bond acceptors (Lipinski definition) is 3. The number of carbonyl (C=O) groups is 2. The molecule has 0 fully saturated rings. The summed E-state index contributed by atoms with van der Waals surface area (Å²) in [5.41, 5.74) is 2.52. The molecule has 0 amide bonds. The van der Waals surface area contributed by atoms with Crippen molar-refractivity contribution in [3.05, 3.63) is 66.3 Å². The van der Waals surface area contributed by atoms with Crippen LogP contribution < -0.4 is 0 Å². The molecule has 0 saturated heterocycles. The molecule has 104 valence electrons. The first kappa shape index (κ1) is 16.0. The summed E-state index contributed by atoms with van der Waals surface area (Å²) in [7, 11) is 0. The van der Waals surface area contributed by atoms with Crippen LogP contribution >= 0.6 is 11.8 Å². The topological polar surface area (TPSA) is 54.4 Å². The van der Waals surface area contributed by atoms with E-state index in [2.05, 4.69) is 6.58 Å². The van der Waals surface area contributed by atoms with Crippen LogP contribution in [0.1, 0.15) is 22.8 Å². The van der Waals surface area contributed by atoms with Gasteiger partial charge in [0.05, 0.1) is 5.75 Å². The minimum Gasteiger partial charge on any atom is -0.481 e. The first-order valence-corrected chi connectivity index (χ1v) is 7.01. The predicted molar refractivity (Wildman–Crippen MR) is 83.9 cm³/mol. The number of hydrogen-bond donors (Lipinski definition) is 1. The van der Waals surface area contributed by atoms with E-state index in [9.17, 15) is 9.59 Å². The number of thioether (sulfide) groups is 1. The third-order valence-electron chi connectivity index (χ3n) is 2.50. The molecule has 1 aromatic rings. The molecule has 4 heteroatoms. The van der Waals surface area contributed by atoms with Crippen molar-refractivity contribution in [2.24, 2.45) is 0 Å². The highest BCUT2D eigenvalue weighted by molar-refractivity contribution is 8.14. The highest BCUT2D eigenvalue weighted by Gasteiger charge is 2.09. The van der Waals surface area contributed by atoms with Gasteiger partial charge < -0.3 is 5.11 Å². The molecule has 0 aliphatic heterocycles. The molecular weight excluding hydrogens is 272 g/mol. The van der Waals surface area contributed by atoms with Crippen molar-refractivity contribution in [2.45, 2.75) is 6.92 Å². The fraction of sp³-hybridized carbons (Fsp3) is 0.125. The lowest BCUT2D eigenvalue weighted by molar-refractivity contribution is -0.133. The summed E-state index contributed by atoms with van der Waals surface area (Å²) in [5.74, 6) is -1.21. The van der Waals surface area contributed by atoms with Gasteiger partial charge in [-0.15, -0.1) is 0 Å². The Morgan fingerprint density at radius 1 is 1.25 bits per heavy atom. The third-order valence-corrected chi connectivity index (χ3v) is 3.39. The summed E-state index contributed by atoms with van der Waals surface area (Å²) < 4.78 is 0. The highest BCUT2D eigenvalue weighted by atomic mass is 32.2. The standard InChI is InChI=1S/C16H16O3S/c1-3-5-6-12(4-2)13-7-9-14(10-8-13)16(19)20-11-15(17)18/h3-10H,1,11H2,2H3,(H,17,18)/b6-5-,12-4+. The molecule has 1 N–H and O–H groups in total. The maximum Gasteiger partial charge on any atom is 0.313 e. The smallest absolute Gasteiger partial charge is 0.313 e. The first-order valence-electron chi connectivity index (χ1n) is 6.03. The molecule has 0 saturated carbocycles. The zero-order valence-corrected chi connectivity index (χ0v) is 12.0. The molecule has 0 heterocycles. The van der Waals surface area contributed by atoms with E-state index >= 15 is 0 Å². The van der Waals surface area contributed by atoms with Gasteiger partial charge in [0.25, 0.3) is 0 Å². The predicted octanol–water partition coefficient (Wildman–Crippen LogP) is 3.79. The lowest BCUT2D eigenvalue weighted by Gasteiger charge is -2.04. The van der Waals surface area contributed by atoms with Crippen LogP contribution in [-0.2, 0) is 4.79 Å². The van der Waals surface area contributed by atoms with Crippen LogP contribution in [0.25, 0.3) is 5.57 Å². The Hall–Kier alpha value is -2.07. The fourth-order valence-electron chi connectivity index (χ4n) is 1.54. The number of carbonyl (C=O) groups excluding carboxylic acids is 1. The van der Waals surface area contributed by atoms with E-state index in [0.717, 1.165) is 22.9 Å². The summed E-state index contributed by atoms with van der Waals surface area (Å²) in [6, 6.07) is 7.10. The molecule has 0 aliphatic carbocycles. The first-order chi connectivity index (χ1) is 9.58. The van der Waals surface area contributed by atoms with Crippen LogP contribution in [0.2, 0.25) is 0 Å². The molecule has 0 atom stereocenters. The second kappa shape index (κ2) is 8.17. The zero-order valence-electron chi connectivity index (χ0n) is 11.2. The number of benzene rings is 1. The Balaban J connectivity index is 2.82. The van der Waals surface area contributed by atoms with Crippen molar-refractivity contribution >= 4 is 28.4 Å². The van der Waals surface area contributed by atoms with Crippen molar-refractivity contribution < 1.29 is 14.7 Å². The van der Waals surface area contributed by atoms with Gasteiger partial charge in [0.2, 0.25) is 5.12 Å². The van der Waals surface area contributed by atoms with Gasteiger partial charge in [-0.1, -0.05) is 54.8 Å². The maximum atomic E-state index is 11.7. The monoisotopic (exact) mass is 288 g/mol. The summed E-state index contributed by atoms with van der Waals surface area (Å²) in [5, 5.41) is 8.31. The largest absolute Gasteiger partial charge is 0.481 e. The van der Waals surface area contributed by atoms with E-state index in [0.29, 0.717) is 5.56 Å². The van der Waals surface area contributed by atoms with Crippen LogP contribution in [0.3, 0.4) is 0 Å². The van der Waals surface area contributed by atoms with Crippen LogP contribution in [0, 0.1) is 0 Å². The van der Waals surface area contributed by atoms with E-state index in [4.69, 9.17) is 5.11 Å². The van der Waals surface area contributed by atoms with E-state index in [1.807, 2.05) is 37.3 Å². The van der Waals surface area contributed by atoms with Gasteiger partial charge in [0.15, 0.2) is 0 Å². The van der Waals surface area contributed by atoms with Gasteiger partial charge in [-0.25, -0.2) is 0 Å². The molecular formula is C16H16O3S. The maximum absolute atomic E-state index is 11.7. The fourth-order valence-corrected chi connectivity index (χ4v) is 2.10. The Morgan fingerprint density at radius 2 is 1.85 bits per heavy atom. The third kappa shape index (κ3) is 4.90. The Labute approximate surface area is 122 Å². The van der Waals surface area contributed by atoms with E-state index in [-0.39, 0.29) is 10.9 Å². The van der Waals surface area contributed by atoms with Gasteiger partial charge in [0.1, 0.15) is 0 Å². The summed E-state index contributed by atoms with van der Waals surface area (Å²) >= 11 is 0.791. The van der Waals surface area contributed by atoms with Crippen molar-refractivity contribution in [2.75, 3.05) is 5.75 Å². The van der Waals surface area contributed by atoms with Crippen molar-refractivity contribution in [1.29, 1.82) is 0 Å². The number of carboxylic acid groups (broad SMARTS) is 1. The average Bonchev–Trinajstić information content (AvgIpc) is 2.46. The van der Waals surface area contributed by atoms with E-state index in [1.165, 1.54) is 0 Å². The van der Waals surface area contributed by atoms with E-state index in [1.54, 1.807) is 18.2 Å². The molecule has 3 nitrogen and oxygen atoms in total. The number of rotatable bonds is 6. The SMILES string of the molecule is C=C/C=C\C(=C/C)c1ccc(C(=O)SCC(=O)O)cc1. The summed E-state index contributed by atoms with van der Waals surface area (Å²) in [4.78, 5) is 22.2. The molecule has 0 unspecified atom stereocenters. The van der Waals surface area contributed by atoms with Crippen LogP contribution in [0.4, 0.5) is 0 Å². The molecule has 20 heavy (non-hydrogen) atoms. The van der Waals surface area contributed by atoms with Crippen molar-refractivity contribution in [3.63, 3.8) is 0 Å². The van der Waals surface area contributed by atoms with Crippen LogP contribution in [0.15, 0.2) is 55.1 Å². The normalized spacial score (nSPS) is 11.6. The minimum atomic E-state index is -0.995. The number of carboxylic acids is 1. The van der Waals surface area contributed by atoms with Gasteiger partial charge in [0, 0.05) is 5.56 Å². The highest BCUT2D eigenvalue weighted by Crippen LogP contribution is 2.19. The number of aliphatic carboxylic acids is 1. The van der Waals surface area contributed by atoms with Crippen LogP contribution in [-0.4, -0.2) is 21.9 Å². The summed E-state index contributed by atoms with van der Waals surface area (Å²) in [6.45, 7) is 5.56. The molecule has 0 spiro atoms. The molecule has 1 rings (SSSR count). The quantitative estimate of drug-likeness (QED) is 0.809. The van der Waals surface area contributed by atoms with Crippen molar-refractivity contribution in [1.82, 2.24) is 0 Å². The van der Waals surface area contributed by atoms with Gasteiger partial charge in [-0.05, 0) is 30.2 Å². The second-order valence-corrected chi connectivity index (χ2v) is 4.83. The lowest BCUT2D eigenvalue weighted by atomic mass is 10.0. The number of allylic oxidation sites excluding steroid dienone is 5. The molecule has 0 radical (unpaired) electrons. The minimum absolute atomic E-state index is 0.219. The van der Waals surface area contributed by atoms with Crippen LogP contribution in [0.5, 0.6) is 0 Å². The Bertz CT molecular complexity index is 554. The van der Waals surface area contributed by atoms with E-state index < -0.39 is 5.97 Å². The zero-order chi connectivity index (χ0) is 15.0. The molecule has 0 aromatic heterocycles. The Kier molecular flexibility index (Phi) is 6.53. The molecule has 1 aromatic carbocycles. The Morgan fingerprint density at radius 3 is 2.35 bits per heavy atom. The summed E-state index contributed by atoms with van der Waals surface area (Å²) in [6.07, 6.45) is 7.44. The molecule has 0 aliphatic rings. The lowest BCUT2D eigenvalue weighted by Crippen LogP contribution is -2.03. The molecule has 0 bridgehead atoms.